The third-order valence-electron chi connectivity index (χ3n) is 5.58. The second-order valence-electron chi connectivity index (χ2n) is 12.1. The van der Waals surface area contributed by atoms with Crippen molar-refractivity contribution in [2.45, 2.75) is 112 Å². The molecule has 218 valence electrons. The lowest BCUT2D eigenvalue weighted by molar-refractivity contribution is -0.155. The van der Waals surface area contributed by atoms with E-state index in [-0.39, 0.29) is 24.5 Å². The topological polar surface area (TPSA) is 118 Å². The van der Waals surface area contributed by atoms with Crippen molar-refractivity contribution in [1.29, 1.82) is 0 Å². The predicted octanol–water partition coefficient (Wildman–Crippen LogP) is 4.28. The maximum absolute atomic E-state index is 13.1. The van der Waals surface area contributed by atoms with Gasteiger partial charge in [0.05, 0.1) is 37.9 Å². The Hall–Kier alpha value is -2.36. The molecule has 4 atom stereocenters. The molecule has 0 aromatic heterocycles. The Balaban J connectivity index is 3.13. The molecule has 1 aromatic rings. The Morgan fingerprint density at radius 2 is 1.76 bits per heavy atom. The molecule has 0 spiro atoms. The third kappa shape index (κ3) is 13.4. The van der Waals surface area contributed by atoms with Crippen LogP contribution < -0.4 is 10.1 Å². The Morgan fingerprint density at radius 1 is 1.11 bits per heavy atom. The van der Waals surface area contributed by atoms with Gasteiger partial charge in [0.2, 0.25) is 5.91 Å². The van der Waals surface area contributed by atoms with E-state index < -0.39 is 36.2 Å². The van der Waals surface area contributed by atoms with Gasteiger partial charge in [-0.15, -0.1) is 0 Å². The summed E-state index contributed by atoms with van der Waals surface area (Å²) < 4.78 is 17.0. The number of rotatable bonds is 14. The Kier molecular flexibility index (Phi) is 13.5. The second kappa shape index (κ2) is 15.3. The molecule has 0 bridgehead atoms. The Morgan fingerprint density at radius 3 is 2.32 bits per heavy atom. The largest absolute Gasteiger partial charge is 0.494 e. The van der Waals surface area contributed by atoms with Gasteiger partial charge in [0.15, 0.2) is 6.29 Å². The number of aliphatic hydroxyl groups excluding tert-OH is 2. The van der Waals surface area contributed by atoms with Gasteiger partial charge in [-0.3, -0.25) is 9.69 Å². The van der Waals surface area contributed by atoms with Crippen molar-refractivity contribution in [2.75, 3.05) is 19.8 Å². The summed E-state index contributed by atoms with van der Waals surface area (Å²) >= 11 is 0. The lowest BCUT2D eigenvalue weighted by atomic mass is 9.98. The van der Waals surface area contributed by atoms with Crippen LogP contribution in [0.1, 0.15) is 80.7 Å². The van der Waals surface area contributed by atoms with Crippen LogP contribution in [0.3, 0.4) is 0 Å². The van der Waals surface area contributed by atoms with E-state index in [1.807, 2.05) is 45.0 Å². The van der Waals surface area contributed by atoms with Crippen LogP contribution in [0.5, 0.6) is 5.75 Å². The third-order valence-corrected chi connectivity index (χ3v) is 5.58. The van der Waals surface area contributed by atoms with Crippen molar-refractivity contribution in [2.24, 2.45) is 5.41 Å². The fraction of sp³-hybridized carbons (Fsp3) is 0.724. The van der Waals surface area contributed by atoms with Crippen LogP contribution in [-0.4, -0.2) is 77.0 Å². The summed E-state index contributed by atoms with van der Waals surface area (Å²) in [6, 6.07) is 5.99. The number of hydrogen-bond acceptors (Lipinski definition) is 7. The maximum atomic E-state index is 13.1. The van der Waals surface area contributed by atoms with Crippen molar-refractivity contribution in [3.05, 3.63) is 29.8 Å². The lowest BCUT2D eigenvalue weighted by Crippen LogP contribution is -2.55. The maximum Gasteiger partial charge on any atom is 0.410 e. The van der Waals surface area contributed by atoms with E-state index in [9.17, 15) is 19.8 Å². The minimum Gasteiger partial charge on any atom is -0.494 e. The fourth-order valence-electron chi connectivity index (χ4n) is 3.58. The monoisotopic (exact) mass is 538 g/mol. The lowest BCUT2D eigenvalue weighted by Gasteiger charge is -2.37. The van der Waals surface area contributed by atoms with Gasteiger partial charge in [-0.05, 0) is 63.6 Å². The summed E-state index contributed by atoms with van der Waals surface area (Å²) in [6.07, 6.45) is -0.875. The molecule has 0 radical (unpaired) electrons. The minimum absolute atomic E-state index is 0.191. The van der Waals surface area contributed by atoms with E-state index in [1.165, 1.54) is 11.8 Å². The van der Waals surface area contributed by atoms with E-state index in [4.69, 9.17) is 14.2 Å². The molecule has 0 heterocycles. The first-order chi connectivity index (χ1) is 17.5. The molecule has 38 heavy (non-hydrogen) atoms. The zero-order valence-electron chi connectivity index (χ0n) is 24.7. The molecular formula is C29H50N2O7. The first kappa shape index (κ1) is 33.7. The highest BCUT2D eigenvalue weighted by atomic mass is 16.6. The summed E-state index contributed by atoms with van der Waals surface area (Å²) in [4.78, 5) is 26.4. The first-order valence-electron chi connectivity index (χ1n) is 13.5. The quantitative estimate of drug-likeness (QED) is 0.239. The van der Waals surface area contributed by atoms with Gasteiger partial charge >= 0.3 is 6.09 Å². The van der Waals surface area contributed by atoms with Crippen molar-refractivity contribution in [3.8, 4) is 5.75 Å². The number of carbonyl (C=O) groups excluding carboxylic acids is 2. The van der Waals surface area contributed by atoms with Crippen LogP contribution in [0.2, 0.25) is 0 Å². The van der Waals surface area contributed by atoms with Gasteiger partial charge in [-0.1, -0.05) is 46.2 Å². The highest BCUT2D eigenvalue weighted by Crippen LogP contribution is 2.20. The van der Waals surface area contributed by atoms with E-state index in [1.54, 1.807) is 27.7 Å². The van der Waals surface area contributed by atoms with Crippen LogP contribution in [0.15, 0.2) is 24.3 Å². The number of benzene rings is 1. The number of nitrogens with zero attached hydrogens (tertiary/aromatic N) is 1. The highest BCUT2D eigenvalue weighted by molar-refractivity contribution is 5.73. The van der Waals surface area contributed by atoms with Crippen LogP contribution in [-0.2, 0) is 20.7 Å². The molecule has 9 heteroatoms. The van der Waals surface area contributed by atoms with E-state index in [0.717, 1.165) is 24.2 Å². The van der Waals surface area contributed by atoms with Gasteiger partial charge in [0.25, 0.3) is 0 Å². The van der Waals surface area contributed by atoms with Gasteiger partial charge in [-0.25, -0.2) is 4.79 Å². The minimum atomic E-state index is -1.30. The Bertz CT molecular complexity index is 863. The average Bonchev–Trinajstić information content (AvgIpc) is 2.78. The number of ether oxygens (including phenoxy) is 3. The van der Waals surface area contributed by atoms with Gasteiger partial charge < -0.3 is 29.7 Å². The molecule has 2 amide bonds. The number of unbranched alkanes of at least 4 members (excludes halogenated alkanes) is 1. The number of hydrogen-bond donors (Lipinski definition) is 3. The Labute approximate surface area is 228 Å². The standard InChI is InChI=1S/C29H50N2O7/c1-10-11-15-36-23-14-12-13-22(16-23)17-24(30-21(3)32)25(33)18-31(27(35)38-29(7,8)9)20(2)26(34)37-19-28(4,5)6/h12-14,16,20,24-26,33-34H,10-11,15,17-19H2,1-9H3,(H,30,32)/t20-,24-,25+,26-/m0/s1. The average molecular weight is 539 g/mol. The zero-order valence-corrected chi connectivity index (χ0v) is 24.7. The van der Waals surface area contributed by atoms with Crippen molar-refractivity contribution < 1.29 is 34.0 Å². The number of aliphatic hydroxyl groups is 2. The summed E-state index contributed by atoms with van der Waals surface area (Å²) in [5, 5.41) is 24.8. The number of nitrogens with one attached hydrogen (secondary N) is 1. The molecule has 9 nitrogen and oxygen atoms in total. The normalized spacial score (nSPS) is 15.2. The summed E-state index contributed by atoms with van der Waals surface area (Å²) in [7, 11) is 0. The second-order valence-corrected chi connectivity index (χ2v) is 12.1. The summed E-state index contributed by atoms with van der Waals surface area (Å²) in [5.74, 6) is 0.407. The van der Waals surface area contributed by atoms with Crippen LogP contribution in [0.4, 0.5) is 4.79 Å². The van der Waals surface area contributed by atoms with E-state index in [0.29, 0.717) is 13.0 Å². The van der Waals surface area contributed by atoms with Gasteiger partial charge in [0.1, 0.15) is 11.4 Å². The van der Waals surface area contributed by atoms with Gasteiger partial charge in [0, 0.05) is 6.92 Å². The smallest absolute Gasteiger partial charge is 0.410 e. The molecular weight excluding hydrogens is 488 g/mol. The van der Waals surface area contributed by atoms with E-state index >= 15 is 0 Å². The van der Waals surface area contributed by atoms with Crippen LogP contribution in [0, 0.1) is 5.41 Å². The van der Waals surface area contributed by atoms with Crippen molar-refractivity contribution in [1.82, 2.24) is 10.2 Å². The fourth-order valence-corrected chi connectivity index (χ4v) is 3.58. The van der Waals surface area contributed by atoms with Crippen molar-refractivity contribution >= 4 is 12.0 Å². The zero-order chi connectivity index (χ0) is 29.1. The molecule has 3 N–H and O–H groups in total. The van der Waals surface area contributed by atoms with Crippen molar-refractivity contribution in [3.63, 3.8) is 0 Å². The van der Waals surface area contributed by atoms with Crippen LogP contribution in [0.25, 0.3) is 0 Å². The molecule has 0 saturated heterocycles. The number of amides is 2. The molecule has 0 fully saturated rings. The molecule has 0 aliphatic rings. The molecule has 0 saturated carbocycles. The van der Waals surface area contributed by atoms with E-state index in [2.05, 4.69) is 12.2 Å². The molecule has 0 unspecified atom stereocenters. The first-order valence-corrected chi connectivity index (χ1v) is 13.5. The number of carbonyl (C=O) groups is 2. The highest BCUT2D eigenvalue weighted by Gasteiger charge is 2.34. The molecule has 0 aliphatic heterocycles. The predicted molar refractivity (Wildman–Crippen MR) is 148 cm³/mol. The SMILES string of the molecule is CCCCOc1cccc(C[C@H](NC(C)=O)[C@H](O)CN(C(=O)OC(C)(C)C)[C@@H](C)[C@@H](O)OCC(C)(C)C)c1. The molecule has 1 aromatic carbocycles. The molecule has 0 aliphatic carbocycles. The van der Waals surface area contributed by atoms with Crippen LogP contribution >= 0.6 is 0 Å². The molecule has 1 rings (SSSR count). The van der Waals surface area contributed by atoms with Gasteiger partial charge in [-0.2, -0.15) is 0 Å². The summed E-state index contributed by atoms with van der Waals surface area (Å²) in [6.45, 7) is 16.9. The summed E-state index contributed by atoms with van der Waals surface area (Å²) in [5.41, 5.74) is -0.114.